The summed E-state index contributed by atoms with van der Waals surface area (Å²) in [4.78, 5) is 1.37. The predicted molar refractivity (Wildman–Crippen MR) is 51.8 cm³/mol. The largest absolute Gasteiger partial charge is 0.248 e. The first kappa shape index (κ1) is 8.10. The van der Waals surface area contributed by atoms with Crippen LogP contribution < -0.4 is 5.43 Å². The van der Waals surface area contributed by atoms with Gasteiger partial charge in [0, 0.05) is 11.4 Å². The first-order valence-electron chi connectivity index (χ1n) is 4.11. The van der Waals surface area contributed by atoms with Gasteiger partial charge in [-0.3, -0.25) is 0 Å². The van der Waals surface area contributed by atoms with Gasteiger partial charge in [-0.1, -0.05) is 18.2 Å². The van der Waals surface area contributed by atoms with Crippen molar-refractivity contribution in [1.29, 1.82) is 0 Å². The molecule has 2 rings (SSSR count). The Kier molecular flexibility index (Phi) is 2.35. The van der Waals surface area contributed by atoms with Crippen molar-refractivity contribution in [3.8, 4) is 0 Å². The van der Waals surface area contributed by atoms with Crippen LogP contribution in [0.25, 0.3) is 0 Å². The normalized spacial score (nSPS) is 17.4. The van der Waals surface area contributed by atoms with Crippen molar-refractivity contribution in [2.75, 3.05) is 13.6 Å². The van der Waals surface area contributed by atoms with Gasteiger partial charge in [-0.25, -0.2) is 5.43 Å². The zero-order chi connectivity index (χ0) is 8.39. The molecule has 64 valence electrons. The van der Waals surface area contributed by atoms with E-state index in [1.54, 1.807) is 11.9 Å². The van der Waals surface area contributed by atoms with E-state index in [2.05, 4.69) is 34.1 Å². The van der Waals surface area contributed by atoms with E-state index in [9.17, 15) is 0 Å². The standard InChI is InChI=1S/C9H12N2S/c1-10-11-7-6-8-4-2-3-5-9(8)12-11/h2-5,10H,6-7H2,1H3. The zero-order valence-corrected chi connectivity index (χ0v) is 7.90. The third-order valence-corrected chi connectivity index (χ3v) is 3.20. The van der Waals surface area contributed by atoms with Gasteiger partial charge in [-0.2, -0.15) is 4.41 Å². The minimum absolute atomic E-state index is 1.08. The second-order valence-corrected chi connectivity index (χ2v) is 3.84. The third-order valence-electron chi connectivity index (χ3n) is 2.01. The van der Waals surface area contributed by atoms with Crippen LogP contribution in [-0.4, -0.2) is 18.0 Å². The Hall–Kier alpha value is -0.510. The number of fused-ring (bicyclic) bond motifs is 1. The van der Waals surface area contributed by atoms with Crippen LogP contribution in [0.2, 0.25) is 0 Å². The molecule has 0 amide bonds. The SMILES string of the molecule is CNN1CCc2ccccc2S1. The highest BCUT2D eigenvalue weighted by atomic mass is 32.2. The maximum absolute atomic E-state index is 3.14. The van der Waals surface area contributed by atoms with Gasteiger partial charge in [-0.15, -0.1) is 0 Å². The molecule has 0 saturated carbocycles. The molecule has 1 aliphatic heterocycles. The number of hydrazine groups is 1. The molecule has 1 aromatic rings. The molecule has 0 radical (unpaired) electrons. The van der Waals surface area contributed by atoms with Gasteiger partial charge >= 0.3 is 0 Å². The molecule has 0 saturated heterocycles. The molecule has 1 N–H and O–H groups in total. The molecule has 3 heteroatoms. The second kappa shape index (κ2) is 3.47. The van der Waals surface area contributed by atoms with Crippen LogP contribution in [0.4, 0.5) is 0 Å². The first-order chi connectivity index (χ1) is 5.90. The lowest BCUT2D eigenvalue weighted by Gasteiger charge is -2.25. The Bertz CT molecular complexity index is 275. The maximum atomic E-state index is 3.14. The average Bonchev–Trinajstić information content (AvgIpc) is 2.17. The predicted octanol–water partition coefficient (Wildman–Crippen LogP) is 1.69. The Morgan fingerprint density at radius 2 is 2.25 bits per heavy atom. The van der Waals surface area contributed by atoms with E-state index in [4.69, 9.17) is 0 Å². The van der Waals surface area contributed by atoms with Crippen LogP contribution >= 0.6 is 11.9 Å². The maximum Gasteiger partial charge on any atom is 0.0289 e. The summed E-state index contributed by atoms with van der Waals surface area (Å²) in [7, 11) is 1.96. The molecule has 1 aliphatic rings. The average molecular weight is 180 g/mol. The van der Waals surface area contributed by atoms with E-state index < -0.39 is 0 Å². The number of nitrogens with one attached hydrogen (secondary N) is 1. The summed E-state index contributed by atoms with van der Waals surface area (Å²) in [5.74, 6) is 0. The fourth-order valence-electron chi connectivity index (χ4n) is 1.34. The number of rotatable bonds is 1. The smallest absolute Gasteiger partial charge is 0.0289 e. The van der Waals surface area contributed by atoms with Gasteiger partial charge in [0.1, 0.15) is 0 Å². The van der Waals surface area contributed by atoms with Crippen molar-refractivity contribution < 1.29 is 0 Å². The molecule has 1 aromatic carbocycles. The van der Waals surface area contributed by atoms with Crippen LogP contribution in [0.1, 0.15) is 5.56 Å². The van der Waals surface area contributed by atoms with Gasteiger partial charge in [0.25, 0.3) is 0 Å². The summed E-state index contributed by atoms with van der Waals surface area (Å²) in [6.07, 6.45) is 1.14. The van der Waals surface area contributed by atoms with Gasteiger partial charge < -0.3 is 0 Å². The fourth-order valence-corrected chi connectivity index (χ4v) is 2.28. The zero-order valence-electron chi connectivity index (χ0n) is 7.08. The van der Waals surface area contributed by atoms with E-state index in [1.807, 2.05) is 7.05 Å². The van der Waals surface area contributed by atoms with E-state index >= 15 is 0 Å². The van der Waals surface area contributed by atoms with E-state index in [0.717, 1.165) is 13.0 Å². The fraction of sp³-hybridized carbons (Fsp3) is 0.333. The Labute approximate surface area is 77.1 Å². The quantitative estimate of drug-likeness (QED) is 0.662. The highest BCUT2D eigenvalue weighted by molar-refractivity contribution is 7.97. The lowest BCUT2D eigenvalue weighted by Crippen LogP contribution is -2.32. The molecule has 1 heterocycles. The molecule has 0 aliphatic carbocycles. The summed E-state index contributed by atoms with van der Waals surface area (Å²) in [6.45, 7) is 1.08. The summed E-state index contributed by atoms with van der Waals surface area (Å²) in [5.41, 5.74) is 4.61. The molecule has 0 spiro atoms. The molecule has 2 nitrogen and oxygen atoms in total. The van der Waals surface area contributed by atoms with Crippen molar-refractivity contribution in [3.63, 3.8) is 0 Å². The van der Waals surface area contributed by atoms with Crippen molar-refractivity contribution in [2.24, 2.45) is 0 Å². The molecule has 0 atom stereocenters. The molecular formula is C9H12N2S. The Morgan fingerprint density at radius 1 is 1.42 bits per heavy atom. The van der Waals surface area contributed by atoms with Crippen LogP contribution in [0.3, 0.4) is 0 Å². The highest BCUT2D eigenvalue weighted by Gasteiger charge is 2.14. The van der Waals surface area contributed by atoms with Crippen LogP contribution in [0.5, 0.6) is 0 Å². The van der Waals surface area contributed by atoms with Gasteiger partial charge in [0.2, 0.25) is 0 Å². The van der Waals surface area contributed by atoms with Crippen LogP contribution in [-0.2, 0) is 6.42 Å². The van der Waals surface area contributed by atoms with Crippen molar-refractivity contribution >= 4 is 11.9 Å². The molecular weight excluding hydrogens is 168 g/mol. The first-order valence-corrected chi connectivity index (χ1v) is 4.88. The summed E-state index contributed by atoms with van der Waals surface area (Å²) < 4.78 is 2.16. The van der Waals surface area contributed by atoms with Crippen molar-refractivity contribution in [1.82, 2.24) is 9.84 Å². The van der Waals surface area contributed by atoms with E-state index in [-0.39, 0.29) is 0 Å². The molecule has 0 bridgehead atoms. The van der Waals surface area contributed by atoms with Crippen molar-refractivity contribution in [2.45, 2.75) is 11.3 Å². The minimum atomic E-state index is 1.08. The minimum Gasteiger partial charge on any atom is -0.248 e. The number of nitrogens with zero attached hydrogens (tertiary/aromatic N) is 1. The monoisotopic (exact) mass is 180 g/mol. The van der Waals surface area contributed by atoms with Crippen molar-refractivity contribution in [3.05, 3.63) is 29.8 Å². The van der Waals surface area contributed by atoms with Crippen LogP contribution in [0.15, 0.2) is 29.2 Å². The highest BCUT2D eigenvalue weighted by Crippen LogP contribution is 2.29. The van der Waals surface area contributed by atoms with Gasteiger partial charge in [0.05, 0.1) is 0 Å². The Morgan fingerprint density at radius 3 is 3.08 bits per heavy atom. The van der Waals surface area contributed by atoms with Gasteiger partial charge in [-0.05, 0) is 37.0 Å². The molecule has 0 fully saturated rings. The Balaban J connectivity index is 2.23. The topological polar surface area (TPSA) is 15.3 Å². The molecule has 0 aromatic heterocycles. The number of benzene rings is 1. The summed E-state index contributed by atoms with van der Waals surface area (Å²) in [6, 6.07) is 8.57. The number of hydrogen-bond donors (Lipinski definition) is 1. The van der Waals surface area contributed by atoms with Crippen LogP contribution in [0, 0.1) is 0 Å². The summed E-state index contributed by atoms with van der Waals surface area (Å²) in [5, 5.41) is 0. The summed E-state index contributed by atoms with van der Waals surface area (Å²) >= 11 is 1.78. The van der Waals surface area contributed by atoms with Gasteiger partial charge in [0.15, 0.2) is 0 Å². The van der Waals surface area contributed by atoms with E-state index in [0.29, 0.717) is 0 Å². The van der Waals surface area contributed by atoms with E-state index in [1.165, 1.54) is 10.5 Å². The molecule has 12 heavy (non-hydrogen) atoms. The lowest BCUT2D eigenvalue weighted by atomic mass is 10.1. The molecule has 0 unspecified atom stereocenters. The second-order valence-electron chi connectivity index (χ2n) is 2.77. The third kappa shape index (κ3) is 1.48. The lowest BCUT2D eigenvalue weighted by molar-refractivity contribution is 0.383. The number of hydrogen-bond acceptors (Lipinski definition) is 3.